The number of unbranched alkanes of at least 4 members (excludes halogenated alkanes) is 2. The zero-order valence-corrected chi connectivity index (χ0v) is 19.5. The number of hydrogen-bond donors (Lipinski definition) is 2. The molecular weight excluding hydrogens is 405 g/mol. The van der Waals surface area contributed by atoms with E-state index in [4.69, 9.17) is 4.89 Å². The Morgan fingerprint density at radius 1 is 0.903 bits per heavy atom. The predicted octanol–water partition coefficient (Wildman–Crippen LogP) is 6.45. The van der Waals surface area contributed by atoms with Crippen LogP contribution >= 0.6 is 8.25 Å². The van der Waals surface area contributed by atoms with Crippen molar-refractivity contribution in [2.75, 3.05) is 13.2 Å². The van der Waals surface area contributed by atoms with Gasteiger partial charge in [-0.15, -0.1) is 9.42 Å². The Balaban J connectivity index is 1.31. The highest BCUT2D eigenvalue weighted by molar-refractivity contribution is 7.32. The van der Waals surface area contributed by atoms with Gasteiger partial charge in [-0.1, -0.05) is 80.3 Å². The third-order valence-corrected chi connectivity index (χ3v) is 7.02. The van der Waals surface area contributed by atoms with Gasteiger partial charge in [0.25, 0.3) is 0 Å². The van der Waals surface area contributed by atoms with Crippen molar-refractivity contribution in [3.05, 3.63) is 71.3 Å². The summed E-state index contributed by atoms with van der Waals surface area (Å²) < 4.78 is 15.1. The topological polar surface area (TPSA) is 58.6 Å². The van der Waals surface area contributed by atoms with Crippen LogP contribution in [-0.2, 0) is 27.5 Å². The minimum atomic E-state index is -2.47. The Morgan fingerprint density at radius 3 is 2.32 bits per heavy atom. The summed E-state index contributed by atoms with van der Waals surface area (Å²) in [5, 5.41) is 3.34. The summed E-state index contributed by atoms with van der Waals surface area (Å²) in [6.45, 7) is 1.90. The van der Waals surface area contributed by atoms with Crippen LogP contribution in [0.2, 0.25) is 0 Å². The first-order valence-electron chi connectivity index (χ1n) is 11.8. The van der Waals surface area contributed by atoms with E-state index >= 15 is 0 Å². The van der Waals surface area contributed by atoms with Crippen molar-refractivity contribution in [3.63, 3.8) is 0 Å². The minimum Gasteiger partial charge on any atom is -0.313 e. The lowest BCUT2D eigenvalue weighted by Crippen LogP contribution is -2.21. The molecule has 2 N–H and O–H groups in total. The molecule has 1 fully saturated rings. The summed E-state index contributed by atoms with van der Waals surface area (Å²) >= 11 is 0. The Morgan fingerprint density at radius 2 is 1.61 bits per heavy atom. The van der Waals surface area contributed by atoms with E-state index in [1.807, 2.05) is 0 Å². The average molecular weight is 443 g/mol. The normalized spacial score (nSPS) is 15.8. The molecule has 1 aliphatic carbocycles. The van der Waals surface area contributed by atoms with Gasteiger partial charge in [-0.3, -0.25) is 0 Å². The molecule has 3 rings (SSSR count). The van der Waals surface area contributed by atoms with E-state index in [1.54, 1.807) is 5.56 Å². The monoisotopic (exact) mass is 442 g/mol. The standard InChI is InChI=1S/C26H36NO3P/c28-31(29)30-21-9-20-27-22-24-15-13-23(14-16-24)10-3-2-6-17-26(18-7-8-19-26)25-11-4-1-5-12-25/h1,4-5,11-16,27H,2-3,6-10,17-22H2/p+1. The molecule has 1 aliphatic rings. The summed E-state index contributed by atoms with van der Waals surface area (Å²) in [7, 11) is -2.47. The summed E-state index contributed by atoms with van der Waals surface area (Å²) in [6.07, 6.45) is 12.6. The van der Waals surface area contributed by atoms with Crippen molar-refractivity contribution >= 4 is 8.25 Å². The molecule has 0 amide bonds. The minimum absolute atomic E-state index is 0.310. The Kier molecular flexibility index (Phi) is 10.2. The van der Waals surface area contributed by atoms with Gasteiger partial charge in [0.05, 0.1) is 0 Å². The molecule has 1 unspecified atom stereocenters. The van der Waals surface area contributed by atoms with E-state index in [0.29, 0.717) is 12.0 Å². The first-order chi connectivity index (χ1) is 15.2. The van der Waals surface area contributed by atoms with Gasteiger partial charge in [-0.05, 0) is 67.2 Å². The highest BCUT2D eigenvalue weighted by Gasteiger charge is 2.34. The number of benzene rings is 2. The van der Waals surface area contributed by atoms with Gasteiger partial charge < -0.3 is 5.32 Å². The maximum Gasteiger partial charge on any atom is 0.694 e. The number of aryl methyl sites for hydroxylation is 1. The molecule has 0 saturated heterocycles. The molecule has 5 heteroatoms. The van der Waals surface area contributed by atoms with E-state index < -0.39 is 8.25 Å². The fraction of sp³-hybridized carbons (Fsp3) is 0.538. The van der Waals surface area contributed by atoms with Crippen molar-refractivity contribution in [2.45, 2.75) is 76.2 Å². The van der Waals surface area contributed by atoms with Crippen molar-refractivity contribution in [3.8, 4) is 0 Å². The maximum atomic E-state index is 10.4. The zero-order chi connectivity index (χ0) is 21.8. The van der Waals surface area contributed by atoms with Gasteiger partial charge in [-0.2, -0.15) is 0 Å². The third kappa shape index (κ3) is 8.12. The largest absolute Gasteiger partial charge is 0.694 e. The molecule has 168 valence electrons. The van der Waals surface area contributed by atoms with Gasteiger partial charge in [0.1, 0.15) is 6.61 Å². The van der Waals surface area contributed by atoms with Crippen LogP contribution in [0.5, 0.6) is 0 Å². The van der Waals surface area contributed by atoms with Crippen LogP contribution in [0.3, 0.4) is 0 Å². The molecule has 0 heterocycles. The average Bonchev–Trinajstić information content (AvgIpc) is 3.27. The van der Waals surface area contributed by atoms with Crippen LogP contribution in [0, 0.1) is 0 Å². The van der Waals surface area contributed by atoms with Crippen LogP contribution < -0.4 is 5.32 Å². The molecule has 0 aliphatic heterocycles. The van der Waals surface area contributed by atoms with Crippen LogP contribution in [0.25, 0.3) is 0 Å². The quantitative estimate of drug-likeness (QED) is 0.261. The molecule has 1 saturated carbocycles. The molecular formula is C26H37NO3P+. The first-order valence-corrected chi connectivity index (χ1v) is 12.9. The van der Waals surface area contributed by atoms with Crippen molar-refractivity contribution in [1.29, 1.82) is 0 Å². The lowest BCUT2D eigenvalue weighted by molar-refractivity contribution is 0.276. The van der Waals surface area contributed by atoms with Crippen molar-refractivity contribution < 1.29 is 14.0 Å². The van der Waals surface area contributed by atoms with Crippen LogP contribution in [0.1, 0.15) is 74.5 Å². The lowest BCUT2D eigenvalue weighted by Gasteiger charge is -2.30. The molecule has 1 atom stereocenters. The van der Waals surface area contributed by atoms with E-state index in [2.05, 4.69) is 64.4 Å². The second-order valence-corrected chi connectivity index (χ2v) is 9.57. The van der Waals surface area contributed by atoms with E-state index in [-0.39, 0.29) is 0 Å². The van der Waals surface area contributed by atoms with E-state index in [0.717, 1.165) is 25.9 Å². The maximum absolute atomic E-state index is 10.4. The first kappa shape index (κ1) is 24.1. The molecule has 0 radical (unpaired) electrons. The zero-order valence-electron chi connectivity index (χ0n) is 18.6. The van der Waals surface area contributed by atoms with Gasteiger partial charge in [0.2, 0.25) is 0 Å². The summed E-state index contributed by atoms with van der Waals surface area (Å²) in [4.78, 5) is 8.58. The van der Waals surface area contributed by atoms with Crippen LogP contribution in [0.15, 0.2) is 54.6 Å². The molecule has 2 aromatic carbocycles. The van der Waals surface area contributed by atoms with Gasteiger partial charge in [0.15, 0.2) is 0 Å². The highest BCUT2D eigenvalue weighted by atomic mass is 31.1. The highest BCUT2D eigenvalue weighted by Crippen LogP contribution is 2.44. The Labute approximate surface area is 188 Å². The lowest BCUT2D eigenvalue weighted by atomic mass is 9.75. The number of nitrogens with one attached hydrogen (secondary N) is 1. The number of hydrogen-bond acceptors (Lipinski definition) is 3. The van der Waals surface area contributed by atoms with Gasteiger partial charge in [0, 0.05) is 11.1 Å². The Bertz CT molecular complexity index is 773. The summed E-state index contributed by atoms with van der Waals surface area (Å²) in [5.74, 6) is 0. The Hall–Kier alpha value is -1.58. The summed E-state index contributed by atoms with van der Waals surface area (Å²) in [6, 6.07) is 20.1. The van der Waals surface area contributed by atoms with Crippen molar-refractivity contribution in [1.82, 2.24) is 5.32 Å². The molecule has 0 spiro atoms. The second kappa shape index (κ2) is 13.1. The summed E-state index contributed by atoms with van der Waals surface area (Å²) in [5.41, 5.74) is 4.69. The van der Waals surface area contributed by atoms with Crippen LogP contribution in [0.4, 0.5) is 0 Å². The molecule has 4 nitrogen and oxygen atoms in total. The third-order valence-electron chi connectivity index (χ3n) is 6.62. The molecule has 0 bridgehead atoms. The van der Waals surface area contributed by atoms with Crippen molar-refractivity contribution in [2.24, 2.45) is 0 Å². The SMILES string of the molecule is O=[P+](O)OCCCNCc1ccc(CCCCCC2(c3ccccc3)CCCC2)cc1. The predicted molar refractivity (Wildman–Crippen MR) is 127 cm³/mol. The fourth-order valence-corrected chi connectivity index (χ4v) is 5.18. The van der Waals surface area contributed by atoms with Gasteiger partial charge >= 0.3 is 8.25 Å². The smallest absolute Gasteiger partial charge is 0.313 e. The fourth-order valence-electron chi connectivity index (χ4n) is 4.89. The second-order valence-electron chi connectivity index (χ2n) is 8.83. The van der Waals surface area contributed by atoms with E-state index in [1.165, 1.54) is 62.5 Å². The molecule has 2 aromatic rings. The van der Waals surface area contributed by atoms with Gasteiger partial charge in [-0.25, -0.2) is 0 Å². The molecule has 31 heavy (non-hydrogen) atoms. The van der Waals surface area contributed by atoms with E-state index in [9.17, 15) is 4.57 Å². The number of rotatable bonds is 14. The molecule has 0 aromatic heterocycles. The van der Waals surface area contributed by atoms with Crippen LogP contribution in [-0.4, -0.2) is 18.0 Å².